The molecule has 1 aliphatic rings. The van der Waals surface area contributed by atoms with Crippen LogP contribution < -0.4 is 0 Å². The number of halogens is 4. The van der Waals surface area contributed by atoms with Crippen molar-refractivity contribution in [2.45, 2.75) is 25.8 Å². The van der Waals surface area contributed by atoms with E-state index in [0.29, 0.717) is 24.2 Å². The van der Waals surface area contributed by atoms with E-state index in [4.69, 9.17) is 0 Å². The summed E-state index contributed by atoms with van der Waals surface area (Å²) in [6.07, 6.45) is 0.214. The van der Waals surface area contributed by atoms with Gasteiger partial charge in [-0.2, -0.15) is 4.39 Å². The normalized spacial score (nSPS) is 14.4. The van der Waals surface area contributed by atoms with Gasteiger partial charge in [-0.25, -0.2) is 18.2 Å². The van der Waals surface area contributed by atoms with Gasteiger partial charge in [0.2, 0.25) is 5.91 Å². The molecule has 28 heavy (non-hydrogen) atoms. The van der Waals surface area contributed by atoms with Crippen molar-refractivity contribution in [2.24, 2.45) is 0 Å². The lowest BCUT2D eigenvalue weighted by Crippen LogP contribution is -2.31. The molecule has 0 atom stereocenters. The zero-order chi connectivity index (χ0) is 19.8. The highest BCUT2D eigenvalue weighted by molar-refractivity contribution is 5.83. The van der Waals surface area contributed by atoms with Gasteiger partial charge in [0.05, 0.1) is 11.1 Å². The number of fused-ring (bicyclic) bond motifs is 1. The molecule has 0 radical (unpaired) electrons. The molecule has 1 aliphatic heterocycles. The van der Waals surface area contributed by atoms with Crippen molar-refractivity contribution in [1.82, 2.24) is 19.7 Å². The van der Waals surface area contributed by atoms with Gasteiger partial charge < -0.3 is 4.90 Å². The summed E-state index contributed by atoms with van der Waals surface area (Å²) in [7, 11) is 0. The lowest BCUT2D eigenvalue weighted by molar-refractivity contribution is -0.130. The molecule has 0 unspecified atom stereocenters. The maximum absolute atomic E-state index is 14.1. The zero-order valence-electron chi connectivity index (χ0n) is 14.7. The Bertz CT molecular complexity index is 1040. The predicted molar refractivity (Wildman–Crippen MR) is 93.7 cm³/mol. The molecule has 146 valence electrons. The van der Waals surface area contributed by atoms with Crippen molar-refractivity contribution in [3.8, 4) is 11.1 Å². The van der Waals surface area contributed by atoms with Gasteiger partial charge in [-0.15, -0.1) is 5.10 Å². The third-order valence-corrected chi connectivity index (χ3v) is 4.86. The zero-order valence-corrected chi connectivity index (χ0v) is 14.7. The number of amides is 1. The van der Waals surface area contributed by atoms with Gasteiger partial charge >= 0.3 is 0 Å². The first kappa shape index (κ1) is 18.4. The van der Waals surface area contributed by atoms with Crippen LogP contribution in [0.25, 0.3) is 22.2 Å². The van der Waals surface area contributed by atoms with Crippen LogP contribution in [0.3, 0.4) is 0 Å². The Morgan fingerprint density at radius 2 is 1.86 bits per heavy atom. The maximum Gasteiger partial charge on any atom is 0.266 e. The topological polar surface area (TPSA) is 51.0 Å². The summed E-state index contributed by atoms with van der Waals surface area (Å²) in [6.45, 7) is 1.18. The Labute approximate surface area is 157 Å². The van der Waals surface area contributed by atoms with Crippen molar-refractivity contribution < 1.29 is 22.4 Å². The smallest absolute Gasteiger partial charge is 0.266 e. The summed E-state index contributed by atoms with van der Waals surface area (Å²) in [5.74, 6) is -1.99. The molecular formula is C19H16F4N4O. The average molecular weight is 392 g/mol. The lowest BCUT2D eigenvalue weighted by atomic mass is 10.0. The number of hydrogen-bond donors (Lipinski definition) is 0. The molecule has 5 nitrogen and oxygen atoms in total. The van der Waals surface area contributed by atoms with E-state index in [-0.39, 0.29) is 23.5 Å². The average Bonchev–Trinajstić information content (AvgIpc) is 3.31. The van der Waals surface area contributed by atoms with Crippen LogP contribution in [0.5, 0.6) is 0 Å². The van der Waals surface area contributed by atoms with Crippen LogP contribution in [0.15, 0.2) is 30.5 Å². The SMILES string of the molecule is O=C(Cn1nc(F)c2ncc(-c3ccc(F)c(C(F)F)c3)cc21)N1CCCC1. The fourth-order valence-corrected chi connectivity index (χ4v) is 3.38. The Morgan fingerprint density at radius 1 is 1.11 bits per heavy atom. The fraction of sp³-hybridized carbons (Fsp3) is 0.316. The Balaban J connectivity index is 1.72. The van der Waals surface area contributed by atoms with E-state index < -0.39 is 23.8 Å². The van der Waals surface area contributed by atoms with Crippen LogP contribution in [0, 0.1) is 11.8 Å². The molecule has 1 amide bonds. The molecule has 1 aromatic carbocycles. The molecule has 0 saturated carbocycles. The van der Waals surface area contributed by atoms with Crippen molar-refractivity contribution in [1.29, 1.82) is 0 Å². The summed E-state index contributed by atoms with van der Waals surface area (Å²) in [5, 5.41) is 3.76. The Hall–Kier alpha value is -2.97. The van der Waals surface area contributed by atoms with Crippen LogP contribution in [0.1, 0.15) is 24.8 Å². The fourth-order valence-electron chi connectivity index (χ4n) is 3.38. The van der Waals surface area contributed by atoms with E-state index in [9.17, 15) is 22.4 Å². The molecule has 2 aromatic heterocycles. The second kappa shape index (κ2) is 7.21. The maximum atomic E-state index is 14.1. The molecule has 0 aliphatic carbocycles. The Morgan fingerprint density at radius 3 is 2.57 bits per heavy atom. The molecule has 1 fully saturated rings. The van der Waals surface area contributed by atoms with Crippen LogP contribution in [-0.4, -0.2) is 38.7 Å². The van der Waals surface area contributed by atoms with E-state index in [1.165, 1.54) is 23.0 Å². The monoisotopic (exact) mass is 392 g/mol. The number of rotatable bonds is 4. The van der Waals surface area contributed by atoms with Gasteiger partial charge in [0, 0.05) is 24.8 Å². The predicted octanol–water partition coefficient (Wildman–Crippen LogP) is 3.94. The molecule has 1 saturated heterocycles. The second-order valence-electron chi connectivity index (χ2n) is 6.67. The molecule has 0 N–H and O–H groups in total. The number of pyridine rings is 1. The summed E-state index contributed by atoms with van der Waals surface area (Å²) in [4.78, 5) is 18.1. The molecular weight excluding hydrogens is 376 g/mol. The molecule has 4 rings (SSSR count). The summed E-state index contributed by atoms with van der Waals surface area (Å²) in [6, 6.07) is 4.85. The van der Waals surface area contributed by atoms with Gasteiger partial charge in [0.25, 0.3) is 12.4 Å². The largest absolute Gasteiger partial charge is 0.341 e. The molecule has 0 spiro atoms. The number of nitrogens with zero attached hydrogens (tertiary/aromatic N) is 4. The van der Waals surface area contributed by atoms with Crippen LogP contribution >= 0.6 is 0 Å². The number of likely N-dealkylation sites (tertiary alicyclic amines) is 1. The van der Waals surface area contributed by atoms with Gasteiger partial charge in [0.15, 0.2) is 0 Å². The minimum Gasteiger partial charge on any atom is -0.341 e. The highest BCUT2D eigenvalue weighted by Gasteiger charge is 2.21. The number of benzene rings is 1. The van der Waals surface area contributed by atoms with Crippen LogP contribution in [-0.2, 0) is 11.3 Å². The van der Waals surface area contributed by atoms with E-state index in [2.05, 4.69) is 10.1 Å². The third kappa shape index (κ3) is 3.32. The van der Waals surface area contributed by atoms with Crippen molar-refractivity contribution in [3.05, 3.63) is 47.8 Å². The van der Waals surface area contributed by atoms with Crippen molar-refractivity contribution in [3.63, 3.8) is 0 Å². The summed E-state index contributed by atoms with van der Waals surface area (Å²) >= 11 is 0. The first-order chi connectivity index (χ1) is 13.4. The van der Waals surface area contributed by atoms with Crippen molar-refractivity contribution in [2.75, 3.05) is 13.1 Å². The third-order valence-electron chi connectivity index (χ3n) is 4.86. The summed E-state index contributed by atoms with van der Waals surface area (Å²) < 4.78 is 54.8. The molecule has 0 bridgehead atoms. The second-order valence-corrected chi connectivity index (χ2v) is 6.67. The summed E-state index contributed by atoms with van der Waals surface area (Å²) in [5.41, 5.74) is 0.232. The van der Waals surface area contributed by atoms with Crippen LogP contribution in [0.2, 0.25) is 0 Å². The van der Waals surface area contributed by atoms with E-state index in [1.807, 2.05) is 0 Å². The number of carbonyl (C=O) groups is 1. The number of carbonyl (C=O) groups excluding carboxylic acids is 1. The minimum absolute atomic E-state index is 0.0193. The highest BCUT2D eigenvalue weighted by atomic mass is 19.3. The standard InChI is InChI=1S/C19H16F4N4O/c20-14-4-3-11(7-13(14)18(21)22)12-8-15-17(24-9-12)19(23)25-27(15)10-16(28)26-5-1-2-6-26/h3-4,7-9,18H,1-2,5-6,10H2. The van der Waals surface area contributed by atoms with Gasteiger partial charge in [-0.3, -0.25) is 9.48 Å². The van der Waals surface area contributed by atoms with Crippen LogP contribution in [0.4, 0.5) is 17.6 Å². The number of aromatic nitrogens is 3. The van der Waals surface area contributed by atoms with Crippen molar-refractivity contribution >= 4 is 16.9 Å². The minimum atomic E-state index is -2.96. The van der Waals surface area contributed by atoms with Gasteiger partial charge in [0.1, 0.15) is 17.9 Å². The van der Waals surface area contributed by atoms with E-state index in [1.54, 1.807) is 4.90 Å². The molecule has 3 aromatic rings. The highest BCUT2D eigenvalue weighted by Crippen LogP contribution is 2.29. The first-order valence-corrected chi connectivity index (χ1v) is 8.82. The van der Waals surface area contributed by atoms with Gasteiger partial charge in [-0.05, 0) is 36.6 Å². The lowest BCUT2D eigenvalue weighted by Gasteiger charge is -2.15. The first-order valence-electron chi connectivity index (χ1n) is 8.82. The molecule has 3 heterocycles. The van der Waals surface area contributed by atoms with E-state index >= 15 is 0 Å². The molecule has 9 heteroatoms. The quantitative estimate of drug-likeness (QED) is 0.632. The van der Waals surface area contributed by atoms with E-state index in [0.717, 1.165) is 25.0 Å². The Kier molecular flexibility index (Phi) is 4.74. The number of alkyl halides is 2. The van der Waals surface area contributed by atoms with Gasteiger partial charge in [-0.1, -0.05) is 6.07 Å². The number of hydrogen-bond acceptors (Lipinski definition) is 3.